The van der Waals surface area contributed by atoms with Gasteiger partial charge in [0.05, 0.1) is 37.2 Å². The Kier molecular flexibility index (Phi) is 11.7. The van der Waals surface area contributed by atoms with Gasteiger partial charge in [-0.1, -0.05) is 26.0 Å². The Bertz CT molecular complexity index is 882. The predicted octanol–water partition coefficient (Wildman–Crippen LogP) is 3.83. The topological polar surface area (TPSA) is 134 Å². The second-order valence-electron chi connectivity index (χ2n) is 10.9. The molecule has 0 bridgehead atoms. The molecule has 2 rings (SSSR count). The maximum absolute atomic E-state index is 12.1. The van der Waals surface area contributed by atoms with E-state index in [0.717, 1.165) is 5.06 Å². The molecular formula is C26H40N2O8. The first-order valence-electron chi connectivity index (χ1n) is 11.9. The molecule has 202 valence electrons. The number of ether oxygens (including phenoxy) is 2. The van der Waals surface area contributed by atoms with Crippen molar-refractivity contribution in [1.29, 1.82) is 0 Å². The number of fused-ring (bicyclic) bond motifs is 1. The number of carbonyl (C=O) groups is 4. The molecule has 1 aromatic rings. The molecule has 0 saturated heterocycles. The number of benzene rings is 1. The van der Waals surface area contributed by atoms with Crippen molar-refractivity contribution >= 4 is 23.8 Å². The van der Waals surface area contributed by atoms with Gasteiger partial charge in [0.15, 0.2) is 0 Å². The summed E-state index contributed by atoms with van der Waals surface area (Å²) in [6, 6.07) is 6.56. The van der Waals surface area contributed by atoms with Gasteiger partial charge in [-0.25, -0.2) is 5.90 Å². The monoisotopic (exact) mass is 508 g/mol. The van der Waals surface area contributed by atoms with Crippen molar-refractivity contribution in [2.45, 2.75) is 79.4 Å². The SMILES string of the molecule is C[C@@H](CON)CC(=O)OC(C)(C)C.C[C@@H](CON1C(=O)c2ccccc2C1=O)CC(=O)OC(C)(C)C. The minimum Gasteiger partial charge on any atom is -0.460 e. The Balaban J connectivity index is 0.000000426. The van der Waals surface area contributed by atoms with E-state index in [4.69, 9.17) is 20.2 Å². The average Bonchev–Trinajstić information content (AvgIpc) is 2.94. The molecule has 0 radical (unpaired) electrons. The second-order valence-corrected chi connectivity index (χ2v) is 10.9. The third-order valence-corrected chi connectivity index (χ3v) is 4.50. The third kappa shape index (κ3) is 11.3. The first-order valence-corrected chi connectivity index (χ1v) is 11.9. The Labute approximate surface area is 213 Å². The average molecular weight is 509 g/mol. The molecule has 1 heterocycles. The maximum Gasteiger partial charge on any atom is 0.306 e. The summed E-state index contributed by atoms with van der Waals surface area (Å²) in [5.74, 6) is 3.29. The summed E-state index contributed by atoms with van der Waals surface area (Å²) in [7, 11) is 0. The van der Waals surface area contributed by atoms with Crippen LogP contribution in [0.25, 0.3) is 0 Å². The van der Waals surface area contributed by atoms with Crippen molar-refractivity contribution in [2.75, 3.05) is 13.2 Å². The number of esters is 2. The number of imide groups is 1. The normalized spacial score (nSPS) is 15.0. The van der Waals surface area contributed by atoms with Crippen LogP contribution in [0.3, 0.4) is 0 Å². The van der Waals surface area contributed by atoms with E-state index in [1.54, 1.807) is 52.0 Å². The first kappa shape index (κ1) is 31.2. The molecule has 2 atom stereocenters. The highest BCUT2D eigenvalue weighted by Gasteiger charge is 2.36. The number of hydrogen-bond donors (Lipinski definition) is 1. The summed E-state index contributed by atoms with van der Waals surface area (Å²) < 4.78 is 10.4. The van der Waals surface area contributed by atoms with Gasteiger partial charge in [0, 0.05) is 0 Å². The standard InChI is InChI=1S/C17H21NO5.C9H19NO3/c1-11(9-14(19)23-17(2,3)4)10-22-18-15(20)12-7-5-6-8-13(12)16(18)21;1-7(6-12-10)5-8(11)13-9(2,3)4/h5-8,11H,9-10H2,1-4H3;7H,5-6,10H2,1-4H3/t11-;7-/m11/s1. The minimum atomic E-state index is -0.541. The Hall–Kier alpha value is -2.82. The van der Waals surface area contributed by atoms with E-state index >= 15 is 0 Å². The van der Waals surface area contributed by atoms with Crippen LogP contribution in [0.1, 0.15) is 88.9 Å². The Morgan fingerprint density at radius 2 is 1.19 bits per heavy atom. The molecule has 0 aromatic heterocycles. The number of rotatable bonds is 9. The van der Waals surface area contributed by atoms with Crippen molar-refractivity contribution in [3.8, 4) is 0 Å². The highest BCUT2D eigenvalue weighted by Crippen LogP contribution is 2.23. The number of hydrogen-bond acceptors (Lipinski definition) is 9. The number of carbonyl (C=O) groups excluding carboxylic acids is 4. The van der Waals surface area contributed by atoms with Gasteiger partial charge in [-0.3, -0.25) is 24.0 Å². The molecule has 0 spiro atoms. The molecule has 1 aliphatic heterocycles. The van der Waals surface area contributed by atoms with Crippen molar-refractivity contribution in [3.05, 3.63) is 35.4 Å². The summed E-state index contributed by atoms with van der Waals surface area (Å²) in [6.45, 7) is 15.0. The van der Waals surface area contributed by atoms with E-state index in [0.29, 0.717) is 24.2 Å². The van der Waals surface area contributed by atoms with Gasteiger partial charge in [0.1, 0.15) is 11.2 Å². The molecule has 0 saturated carbocycles. The highest BCUT2D eigenvalue weighted by molar-refractivity contribution is 6.20. The molecule has 2 N–H and O–H groups in total. The van der Waals surface area contributed by atoms with Crippen LogP contribution < -0.4 is 5.90 Å². The molecule has 36 heavy (non-hydrogen) atoms. The van der Waals surface area contributed by atoms with Crippen LogP contribution in [-0.4, -0.2) is 53.2 Å². The van der Waals surface area contributed by atoms with E-state index in [2.05, 4.69) is 4.84 Å². The second kappa shape index (κ2) is 13.5. The molecule has 0 fully saturated rings. The van der Waals surface area contributed by atoms with Crippen molar-refractivity contribution in [3.63, 3.8) is 0 Å². The Morgan fingerprint density at radius 3 is 1.56 bits per heavy atom. The van der Waals surface area contributed by atoms with Crippen molar-refractivity contribution in [1.82, 2.24) is 5.06 Å². The number of amides is 2. The van der Waals surface area contributed by atoms with Gasteiger partial charge in [0.25, 0.3) is 11.8 Å². The summed E-state index contributed by atoms with van der Waals surface area (Å²) in [5, 5.41) is 0.760. The van der Waals surface area contributed by atoms with Crippen LogP contribution in [-0.2, 0) is 28.7 Å². The van der Waals surface area contributed by atoms with Crippen LogP contribution in [0.2, 0.25) is 0 Å². The van der Waals surface area contributed by atoms with E-state index in [1.165, 1.54) is 0 Å². The molecule has 10 heteroatoms. The first-order chi connectivity index (χ1) is 16.5. The fraction of sp³-hybridized carbons (Fsp3) is 0.615. The molecule has 0 aliphatic carbocycles. The number of nitrogens with zero attached hydrogens (tertiary/aromatic N) is 1. The smallest absolute Gasteiger partial charge is 0.306 e. The lowest BCUT2D eigenvalue weighted by atomic mass is 10.1. The zero-order valence-electron chi connectivity index (χ0n) is 22.6. The maximum atomic E-state index is 12.1. The quantitative estimate of drug-likeness (QED) is 0.300. The van der Waals surface area contributed by atoms with Crippen LogP contribution in [0.5, 0.6) is 0 Å². The summed E-state index contributed by atoms with van der Waals surface area (Å²) >= 11 is 0. The third-order valence-electron chi connectivity index (χ3n) is 4.50. The fourth-order valence-corrected chi connectivity index (χ4v) is 3.10. The predicted molar refractivity (Wildman–Crippen MR) is 132 cm³/mol. The molecule has 2 amide bonds. The molecule has 0 unspecified atom stereocenters. The van der Waals surface area contributed by atoms with Gasteiger partial charge in [-0.2, -0.15) is 0 Å². The zero-order chi connectivity index (χ0) is 27.7. The number of hydroxylamine groups is 2. The van der Waals surface area contributed by atoms with Gasteiger partial charge >= 0.3 is 11.9 Å². The van der Waals surface area contributed by atoms with Crippen molar-refractivity contribution < 1.29 is 38.3 Å². The van der Waals surface area contributed by atoms with Crippen LogP contribution in [0.4, 0.5) is 0 Å². The van der Waals surface area contributed by atoms with Gasteiger partial charge in [-0.15, -0.1) is 5.06 Å². The van der Waals surface area contributed by atoms with Crippen molar-refractivity contribution in [2.24, 2.45) is 17.7 Å². The molecule has 1 aliphatic rings. The molecular weight excluding hydrogens is 468 g/mol. The Morgan fingerprint density at radius 1 is 0.806 bits per heavy atom. The van der Waals surface area contributed by atoms with Gasteiger partial charge < -0.3 is 14.3 Å². The van der Waals surface area contributed by atoms with E-state index in [-0.39, 0.29) is 36.8 Å². The highest BCUT2D eigenvalue weighted by atomic mass is 16.7. The summed E-state index contributed by atoms with van der Waals surface area (Å²) in [5.41, 5.74) is -0.296. The lowest BCUT2D eigenvalue weighted by molar-refractivity contribution is -0.158. The lowest BCUT2D eigenvalue weighted by Crippen LogP contribution is -2.32. The van der Waals surface area contributed by atoms with Gasteiger partial charge in [-0.05, 0) is 65.5 Å². The van der Waals surface area contributed by atoms with E-state index in [1.807, 2.05) is 27.7 Å². The summed E-state index contributed by atoms with van der Waals surface area (Å²) in [4.78, 5) is 57.0. The minimum absolute atomic E-state index is 0.0741. The van der Waals surface area contributed by atoms with Crippen LogP contribution >= 0.6 is 0 Å². The van der Waals surface area contributed by atoms with E-state index < -0.39 is 23.0 Å². The van der Waals surface area contributed by atoms with Crippen LogP contribution in [0.15, 0.2) is 24.3 Å². The number of nitrogens with two attached hydrogens (primary N) is 1. The van der Waals surface area contributed by atoms with Crippen LogP contribution in [0, 0.1) is 11.8 Å². The fourth-order valence-electron chi connectivity index (χ4n) is 3.10. The lowest BCUT2D eigenvalue weighted by Gasteiger charge is -2.21. The largest absolute Gasteiger partial charge is 0.460 e. The van der Waals surface area contributed by atoms with E-state index in [9.17, 15) is 19.2 Å². The molecule has 1 aromatic carbocycles. The molecule has 10 nitrogen and oxygen atoms in total. The summed E-state index contributed by atoms with van der Waals surface area (Å²) in [6.07, 6.45) is 0.495. The zero-order valence-corrected chi connectivity index (χ0v) is 22.6. The van der Waals surface area contributed by atoms with Gasteiger partial charge in [0.2, 0.25) is 0 Å².